The molecule has 1 atom stereocenters. The summed E-state index contributed by atoms with van der Waals surface area (Å²) in [4.78, 5) is 23.7. The van der Waals surface area contributed by atoms with Crippen LogP contribution < -0.4 is 10.6 Å². The lowest BCUT2D eigenvalue weighted by Crippen LogP contribution is -2.36. The van der Waals surface area contributed by atoms with Crippen molar-refractivity contribution in [1.82, 2.24) is 5.32 Å². The molecule has 1 aliphatic heterocycles. The second kappa shape index (κ2) is 5.97. The Labute approximate surface area is 113 Å². The summed E-state index contributed by atoms with van der Waals surface area (Å²) in [5.74, 6) is 0.176. The molecule has 1 aromatic carbocycles. The number of fused-ring (bicyclic) bond motifs is 1. The van der Waals surface area contributed by atoms with Crippen LogP contribution in [0.2, 0.25) is 0 Å². The van der Waals surface area contributed by atoms with Gasteiger partial charge >= 0.3 is 0 Å². The van der Waals surface area contributed by atoms with Crippen LogP contribution in [0.4, 0.5) is 5.69 Å². The number of hydrogen-bond donors (Lipinski definition) is 2. The third-order valence-corrected chi connectivity index (χ3v) is 3.46. The van der Waals surface area contributed by atoms with Crippen LogP contribution in [-0.4, -0.2) is 24.3 Å². The second-order valence-corrected chi connectivity index (χ2v) is 4.80. The summed E-state index contributed by atoms with van der Waals surface area (Å²) in [6.07, 6.45) is 1.98. The largest absolute Gasteiger partial charge is 0.326 e. The molecule has 4 nitrogen and oxygen atoms in total. The van der Waals surface area contributed by atoms with E-state index in [9.17, 15) is 9.59 Å². The number of likely N-dealkylation sites (N-methyl/N-ethyl adjacent to an activating group) is 1. The molecule has 0 bridgehead atoms. The topological polar surface area (TPSA) is 58.2 Å². The van der Waals surface area contributed by atoms with E-state index in [-0.39, 0.29) is 17.7 Å². The molecule has 0 radical (unpaired) electrons. The van der Waals surface area contributed by atoms with Crippen molar-refractivity contribution in [3.63, 3.8) is 0 Å². The van der Waals surface area contributed by atoms with Crippen LogP contribution in [0.3, 0.4) is 0 Å². The number of anilines is 1. The van der Waals surface area contributed by atoms with Crippen LogP contribution in [0, 0.1) is 0 Å². The summed E-state index contributed by atoms with van der Waals surface area (Å²) in [7, 11) is 0. The van der Waals surface area contributed by atoms with Crippen LogP contribution >= 0.6 is 0 Å². The van der Waals surface area contributed by atoms with Gasteiger partial charge in [-0.3, -0.25) is 9.59 Å². The minimum absolute atomic E-state index is 0.0469. The zero-order valence-electron chi connectivity index (χ0n) is 11.5. The Hall–Kier alpha value is -1.68. The van der Waals surface area contributed by atoms with Gasteiger partial charge in [0.05, 0.1) is 6.04 Å². The summed E-state index contributed by atoms with van der Waals surface area (Å²) in [5, 5.41) is 6.03. The zero-order valence-corrected chi connectivity index (χ0v) is 11.5. The smallest absolute Gasteiger partial charge is 0.224 e. The number of rotatable bonds is 5. The molecule has 2 N–H and O–H groups in total. The molecule has 4 heteroatoms. The number of ketones is 1. The molecule has 0 spiro atoms. The van der Waals surface area contributed by atoms with E-state index >= 15 is 0 Å². The lowest BCUT2D eigenvalue weighted by atomic mass is 9.96. The maximum Gasteiger partial charge on any atom is 0.224 e. The molecule has 0 aromatic heterocycles. The molecule has 0 saturated carbocycles. The second-order valence-electron chi connectivity index (χ2n) is 4.80. The van der Waals surface area contributed by atoms with Crippen molar-refractivity contribution in [2.24, 2.45) is 0 Å². The molecule has 0 saturated heterocycles. The van der Waals surface area contributed by atoms with E-state index in [0.29, 0.717) is 12.8 Å². The monoisotopic (exact) mass is 260 g/mol. The number of hydrogen-bond acceptors (Lipinski definition) is 3. The first-order chi connectivity index (χ1) is 9.15. The van der Waals surface area contributed by atoms with E-state index < -0.39 is 0 Å². The summed E-state index contributed by atoms with van der Waals surface area (Å²) in [6, 6.07) is 5.42. The fourth-order valence-electron chi connectivity index (χ4n) is 2.41. The van der Waals surface area contributed by atoms with E-state index in [1.165, 1.54) is 0 Å². The minimum atomic E-state index is -0.124. The lowest BCUT2D eigenvalue weighted by molar-refractivity contribution is -0.116. The van der Waals surface area contributed by atoms with Gasteiger partial charge in [0.25, 0.3) is 0 Å². The Bertz CT molecular complexity index is 497. The Morgan fingerprint density at radius 1 is 1.37 bits per heavy atom. The van der Waals surface area contributed by atoms with Gasteiger partial charge in [-0.2, -0.15) is 0 Å². The summed E-state index contributed by atoms with van der Waals surface area (Å²) >= 11 is 0. The van der Waals surface area contributed by atoms with Gasteiger partial charge in [0.2, 0.25) is 5.91 Å². The van der Waals surface area contributed by atoms with Crippen molar-refractivity contribution in [3.05, 3.63) is 29.3 Å². The van der Waals surface area contributed by atoms with E-state index in [0.717, 1.165) is 29.8 Å². The molecular weight excluding hydrogens is 240 g/mol. The number of aryl methyl sites for hydroxylation is 1. The maximum atomic E-state index is 12.4. The van der Waals surface area contributed by atoms with E-state index in [4.69, 9.17) is 0 Å². The first-order valence-electron chi connectivity index (χ1n) is 6.86. The molecular formula is C15H20N2O2. The third kappa shape index (κ3) is 3.01. The van der Waals surface area contributed by atoms with Gasteiger partial charge in [0.1, 0.15) is 0 Å². The van der Waals surface area contributed by atoms with Crippen LogP contribution in [0.25, 0.3) is 0 Å². The van der Waals surface area contributed by atoms with E-state index in [1.54, 1.807) is 6.07 Å². The number of carbonyl (C=O) groups is 2. The van der Waals surface area contributed by atoms with Crippen LogP contribution in [0.15, 0.2) is 18.2 Å². The SMILES string of the molecule is CCNC(CC)C(=O)c1ccc2c(c1)CCC(=O)N2. The molecule has 1 unspecified atom stereocenters. The minimum Gasteiger partial charge on any atom is -0.326 e. The van der Waals surface area contributed by atoms with Crippen LogP contribution in [-0.2, 0) is 11.2 Å². The lowest BCUT2D eigenvalue weighted by Gasteiger charge is -2.19. The Morgan fingerprint density at radius 3 is 2.84 bits per heavy atom. The highest BCUT2D eigenvalue weighted by Gasteiger charge is 2.20. The van der Waals surface area contributed by atoms with Gasteiger partial charge in [0, 0.05) is 17.7 Å². The fourth-order valence-corrected chi connectivity index (χ4v) is 2.41. The average molecular weight is 260 g/mol. The Kier molecular flexibility index (Phi) is 4.32. The van der Waals surface area contributed by atoms with Crippen molar-refractivity contribution in [1.29, 1.82) is 0 Å². The maximum absolute atomic E-state index is 12.4. The van der Waals surface area contributed by atoms with Gasteiger partial charge < -0.3 is 10.6 Å². The first-order valence-corrected chi connectivity index (χ1v) is 6.86. The predicted molar refractivity (Wildman–Crippen MR) is 75.5 cm³/mol. The Balaban J connectivity index is 2.22. The normalized spacial score (nSPS) is 15.6. The average Bonchev–Trinajstić information content (AvgIpc) is 2.43. The van der Waals surface area contributed by atoms with E-state index in [1.807, 2.05) is 26.0 Å². The highest BCUT2D eigenvalue weighted by Crippen LogP contribution is 2.24. The number of Topliss-reactive ketones (excluding diaryl/α,β-unsaturated/α-hetero) is 1. The summed E-state index contributed by atoms with van der Waals surface area (Å²) < 4.78 is 0. The van der Waals surface area contributed by atoms with Gasteiger partial charge in [0.15, 0.2) is 5.78 Å². The van der Waals surface area contributed by atoms with Crippen LogP contribution in [0.1, 0.15) is 42.6 Å². The predicted octanol–water partition coefficient (Wildman–Crippen LogP) is 2.14. The number of amides is 1. The molecule has 2 rings (SSSR count). The molecule has 1 aliphatic rings. The molecule has 19 heavy (non-hydrogen) atoms. The Morgan fingerprint density at radius 2 is 2.16 bits per heavy atom. The molecule has 1 heterocycles. The molecule has 1 amide bonds. The molecule has 102 valence electrons. The summed E-state index contributed by atoms with van der Waals surface area (Å²) in [5.41, 5.74) is 2.61. The first kappa shape index (κ1) is 13.7. The van der Waals surface area contributed by atoms with Crippen molar-refractivity contribution < 1.29 is 9.59 Å². The van der Waals surface area contributed by atoms with Gasteiger partial charge in [-0.25, -0.2) is 0 Å². The van der Waals surface area contributed by atoms with Crippen LogP contribution in [0.5, 0.6) is 0 Å². The standard InChI is InChI=1S/C15H20N2O2/c1-3-12(16-4-2)15(19)11-5-7-13-10(9-11)6-8-14(18)17-13/h5,7,9,12,16H,3-4,6,8H2,1-2H3,(H,17,18). The molecule has 0 aliphatic carbocycles. The highest BCUT2D eigenvalue weighted by atomic mass is 16.1. The van der Waals surface area contributed by atoms with E-state index in [2.05, 4.69) is 10.6 Å². The third-order valence-electron chi connectivity index (χ3n) is 3.46. The van der Waals surface area contributed by atoms with Gasteiger partial charge in [-0.15, -0.1) is 0 Å². The number of carbonyl (C=O) groups excluding carboxylic acids is 2. The molecule has 0 fully saturated rings. The van der Waals surface area contributed by atoms with Gasteiger partial charge in [-0.1, -0.05) is 13.8 Å². The van der Waals surface area contributed by atoms with Crippen molar-refractivity contribution >= 4 is 17.4 Å². The van der Waals surface area contributed by atoms with Crippen molar-refractivity contribution in [3.8, 4) is 0 Å². The number of nitrogens with one attached hydrogen (secondary N) is 2. The highest BCUT2D eigenvalue weighted by molar-refractivity contribution is 6.01. The quantitative estimate of drug-likeness (QED) is 0.797. The fraction of sp³-hybridized carbons (Fsp3) is 0.467. The van der Waals surface area contributed by atoms with Crippen molar-refractivity contribution in [2.75, 3.05) is 11.9 Å². The molecule has 1 aromatic rings. The zero-order chi connectivity index (χ0) is 13.8. The van der Waals surface area contributed by atoms with Crippen molar-refractivity contribution in [2.45, 2.75) is 39.2 Å². The summed E-state index contributed by atoms with van der Waals surface area (Å²) in [6.45, 7) is 4.79. The van der Waals surface area contributed by atoms with Gasteiger partial charge in [-0.05, 0) is 43.1 Å². The number of benzene rings is 1.